The van der Waals surface area contributed by atoms with Gasteiger partial charge < -0.3 is 9.16 Å². The van der Waals surface area contributed by atoms with Crippen molar-refractivity contribution in [2.24, 2.45) is 0 Å². The number of esters is 1. The number of rotatable bonds is 7. The van der Waals surface area contributed by atoms with E-state index in [1.807, 2.05) is 13.8 Å². The monoisotopic (exact) mass is 230 g/mol. The molecule has 0 fully saturated rings. The minimum absolute atomic E-state index is 0.378. The summed E-state index contributed by atoms with van der Waals surface area (Å²) in [4.78, 5) is 21.9. The zero-order valence-corrected chi connectivity index (χ0v) is 10.7. The molecule has 0 amide bonds. The average molecular weight is 230 g/mol. The van der Waals surface area contributed by atoms with E-state index in [1.54, 1.807) is 0 Å². The van der Waals surface area contributed by atoms with Gasteiger partial charge in [-0.2, -0.15) is 0 Å². The highest BCUT2D eigenvalue weighted by Gasteiger charge is 1.99. The predicted molar refractivity (Wildman–Crippen MR) is 60.1 cm³/mol. The highest BCUT2D eigenvalue weighted by molar-refractivity contribution is 6.31. The normalized spacial score (nSPS) is 11.1. The first kappa shape index (κ1) is 13.9. The summed E-state index contributed by atoms with van der Waals surface area (Å²) in [6.45, 7) is 4.32. The maximum atomic E-state index is 11.0. The van der Waals surface area contributed by atoms with E-state index < -0.39 is 21.7 Å². The minimum atomic E-state index is -0.750. The Morgan fingerprint density at radius 1 is 1.13 bits per heavy atom. The number of carbonyl (C=O) groups is 2. The fourth-order valence-corrected chi connectivity index (χ4v) is 1.48. The third kappa shape index (κ3) is 9.21. The van der Waals surface area contributed by atoms with Crippen molar-refractivity contribution in [1.29, 1.82) is 0 Å². The van der Waals surface area contributed by atoms with Crippen LogP contribution in [0.25, 0.3) is 0 Å². The second kappa shape index (κ2) is 9.45. The minimum Gasteiger partial charge on any atom is -0.522 e. The van der Waals surface area contributed by atoms with Crippen molar-refractivity contribution in [2.75, 3.05) is 6.61 Å². The lowest BCUT2D eigenvalue weighted by Gasteiger charge is -1.99. The van der Waals surface area contributed by atoms with Gasteiger partial charge in [-0.1, -0.05) is 20.3 Å². The molecule has 86 valence electrons. The zero-order chi connectivity index (χ0) is 11.5. The van der Waals surface area contributed by atoms with Crippen LogP contribution in [0.2, 0.25) is 6.04 Å². The quantitative estimate of drug-likeness (QED) is 0.283. The molecule has 0 saturated carbocycles. The van der Waals surface area contributed by atoms with Crippen molar-refractivity contribution in [3.63, 3.8) is 0 Å². The van der Waals surface area contributed by atoms with Crippen molar-refractivity contribution in [3.05, 3.63) is 12.2 Å². The molecule has 4 nitrogen and oxygen atoms in total. The summed E-state index contributed by atoms with van der Waals surface area (Å²) >= 11 is 0. The molecule has 0 aromatic heterocycles. The Morgan fingerprint density at radius 2 is 1.80 bits per heavy atom. The van der Waals surface area contributed by atoms with Gasteiger partial charge in [-0.15, -0.1) is 0 Å². The summed E-state index contributed by atoms with van der Waals surface area (Å²) in [5.41, 5.74) is 0. The Labute approximate surface area is 92.6 Å². The largest absolute Gasteiger partial charge is 0.522 e. The fraction of sp³-hybridized carbons (Fsp3) is 0.600. The maximum absolute atomic E-state index is 11.0. The highest BCUT2D eigenvalue weighted by Crippen LogP contribution is 1.90. The van der Waals surface area contributed by atoms with E-state index in [2.05, 4.69) is 0 Å². The van der Waals surface area contributed by atoms with E-state index in [4.69, 9.17) is 9.16 Å². The van der Waals surface area contributed by atoms with Gasteiger partial charge in [0.05, 0.1) is 6.61 Å². The van der Waals surface area contributed by atoms with Gasteiger partial charge in [0.15, 0.2) is 0 Å². The molecule has 0 saturated heterocycles. The molecule has 0 atom stereocenters. The summed E-state index contributed by atoms with van der Waals surface area (Å²) in [7, 11) is -0.750. The van der Waals surface area contributed by atoms with Crippen LogP contribution >= 0.6 is 0 Å². The smallest absolute Gasteiger partial charge is 0.331 e. The van der Waals surface area contributed by atoms with E-state index in [1.165, 1.54) is 0 Å². The van der Waals surface area contributed by atoms with Gasteiger partial charge in [-0.25, -0.2) is 9.59 Å². The molecular weight excluding hydrogens is 212 g/mol. The Balaban J connectivity index is 3.65. The van der Waals surface area contributed by atoms with Gasteiger partial charge in [0.25, 0.3) is 0 Å². The highest BCUT2D eigenvalue weighted by atomic mass is 28.2. The predicted octanol–water partition coefficient (Wildman–Crippen LogP) is 0.951. The van der Waals surface area contributed by atoms with Crippen molar-refractivity contribution in [1.82, 2.24) is 0 Å². The van der Waals surface area contributed by atoms with E-state index in [9.17, 15) is 9.59 Å². The van der Waals surface area contributed by atoms with Gasteiger partial charge in [-0.3, -0.25) is 0 Å². The van der Waals surface area contributed by atoms with Crippen LogP contribution in [0, 0.1) is 0 Å². The van der Waals surface area contributed by atoms with Crippen LogP contribution in [0.1, 0.15) is 26.7 Å². The Hall–Kier alpha value is -1.10. The van der Waals surface area contributed by atoms with Crippen molar-refractivity contribution in [2.45, 2.75) is 32.7 Å². The number of ether oxygens (including phenoxy) is 1. The van der Waals surface area contributed by atoms with Crippen LogP contribution in [0.3, 0.4) is 0 Å². The molecule has 0 rings (SSSR count). The van der Waals surface area contributed by atoms with E-state index in [-0.39, 0.29) is 0 Å². The van der Waals surface area contributed by atoms with Gasteiger partial charge in [0, 0.05) is 12.2 Å². The molecule has 0 aliphatic rings. The van der Waals surface area contributed by atoms with Crippen molar-refractivity contribution < 1.29 is 18.8 Å². The summed E-state index contributed by atoms with van der Waals surface area (Å²) in [5, 5.41) is 0. The summed E-state index contributed by atoms with van der Waals surface area (Å²) in [6, 6.07) is 0.972. The van der Waals surface area contributed by atoms with Crippen molar-refractivity contribution >= 4 is 21.7 Å². The van der Waals surface area contributed by atoms with E-state index in [0.717, 1.165) is 31.0 Å². The molecule has 0 bridgehead atoms. The van der Waals surface area contributed by atoms with Crippen LogP contribution in [0.5, 0.6) is 0 Å². The zero-order valence-electron chi connectivity index (χ0n) is 9.32. The lowest BCUT2D eigenvalue weighted by molar-refractivity contribution is -0.138. The third-order valence-electron chi connectivity index (χ3n) is 1.55. The molecule has 0 aliphatic heterocycles. The molecular formula is C10H18O4Si. The first-order valence-corrected chi connectivity index (χ1v) is 6.80. The van der Waals surface area contributed by atoms with Gasteiger partial charge in [-0.05, 0) is 12.5 Å². The molecule has 0 aromatic rings. The van der Waals surface area contributed by atoms with Gasteiger partial charge in [0.1, 0.15) is 0 Å². The van der Waals surface area contributed by atoms with Crippen LogP contribution in [-0.4, -0.2) is 28.3 Å². The molecule has 0 N–H and O–H groups in total. The van der Waals surface area contributed by atoms with Crippen molar-refractivity contribution in [3.8, 4) is 0 Å². The lowest BCUT2D eigenvalue weighted by atomic mass is 10.5. The number of hydrogen-bond donors (Lipinski definition) is 0. The molecule has 0 aliphatic carbocycles. The Morgan fingerprint density at radius 3 is 2.40 bits per heavy atom. The molecule has 5 heteroatoms. The third-order valence-corrected chi connectivity index (χ3v) is 3.03. The second-order valence-corrected chi connectivity index (χ2v) is 4.43. The molecule has 0 aromatic carbocycles. The molecule has 0 unspecified atom stereocenters. The first-order valence-electron chi connectivity index (χ1n) is 5.22. The maximum Gasteiger partial charge on any atom is 0.331 e. The first-order chi connectivity index (χ1) is 7.20. The second-order valence-electron chi connectivity index (χ2n) is 3.02. The molecule has 15 heavy (non-hydrogen) atoms. The lowest BCUT2D eigenvalue weighted by Crippen LogP contribution is -2.07. The molecule has 0 spiro atoms. The SMILES string of the molecule is CCCOC(=O)/C=C\C(=O)O[SiH2]CCC. The van der Waals surface area contributed by atoms with Gasteiger partial charge in [0.2, 0.25) is 9.76 Å². The average Bonchev–Trinajstić information content (AvgIpc) is 2.24. The van der Waals surface area contributed by atoms with E-state index in [0.29, 0.717) is 6.61 Å². The summed E-state index contributed by atoms with van der Waals surface area (Å²) < 4.78 is 9.69. The van der Waals surface area contributed by atoms with Crippen LogP contribution < -0.4 is 0 Å². The topological polar surface area (TPSA) is 52.6 Å². The Kier molecular flexibility index (Phi) is 8.76. The Bertz CT molecular complexity index is 225. The van der Waals surface area contributed by atoms with Crippen LogP contribution in [0.4, 0.5) is 0 Å². The van der Waals surface area contributed by atoms with E-state index >= 15 is 0 Å². The summed E-state index contributed by atoms with van der Waals surface area (Å²) in [6.07, 6.45) is 4.04. The number of hydrogen-bond acceptors (Lipinski definition) is 4. The standard InChI is InChI=1S/C10H18O4Si/c1-3-7-13-9(11)5-6-10(12)14-15-8-4-2/h5-6H,3-4,7-8,15H2,1-2H3/b6-5-. The van der Waals surface area contributed by atoms with Crippen LogP contribution in [0.15, 0.2) is 12.2 Å². The fourth-order valence-electron chi connectivity index (χ4n) is 0.752. The van der Waals surface area contributed by atoms with Crippen LogP contribution in [-0.2, 0) is 18.8 Å². The molecule has 0 radical (unpaired) electrons. The van der Waals surface area contributed by atoms with Gasteiger partial charge >= 0.3 is 11.9 Å². The number of carbonyl (C=O) groups excluding carboxylic acids is 2. The summed E-state index contributed by atoms with van der Waals surface area (Å²) in [5.74, 6) is -0.936. The molecule has 0 heterocycles.